The van der Waals surface area contributed by atoms with Crippen LogP contribution in [0, 0.1) is 0 Å². The fourth-order valence-electron chi connectivity index (χ4n) is 6.84. The summed E-state index contributed by atoms with van der Waals surface area (Å²) in [6.45, 7) is 6.86. The summed E-state index contributed by atoms with van der Waals surface area (Å²) in [6, 6.07) is 60.3. The minimum atomic E-state index is -2.62. The average Bonchev–Trinajstić information content (AvgIpc) is 3.09. The maximum atomic E-state index is 4.89. The lowest BCUT2D eigenvalue weighted by molar-refractivity contribution is 0.596. The van der Waals surface area contributed by atoms with Crippen molar-refractivity contribution >= 4 is 39.6 Å². The van der Waals surface area contributed by atoms with Gasteiger partial charge in [-0.05, 0) is 77.9 Å². The summed E-state index contributed by atoms with van der Waals surface area (Å²) in [5, 5.41) is 8.05. The van der Waals surface area contributed by atoms with Gasteiger partial charge in [0, 0.05) is 11.8 Å². The van der Waals surface area contributed by atoms with Gasteiger partial charge in [0.15, 0.2) is 8.07 Å². The van der Waals surface area contributed by atoms with Gasteiger partial charge in [-0.25, -0.2) is 0 Å². The maximum Gasteiger partial charge on any atom is 0.179 e. The summed E-state index contributed by atoms with van der Waals surface area (Å²) < 4.78 is 0. The first-order valence-electron chi connectivity index (χ1n) is 15.7. The number of benzene rings is 6. The van der Waals surface area contributed by atoms with Gasteiger partial charge in [0.25, 0.3) is 0 Å². The third-order valence-corrected chi connectivity index (χ3v) is 13.7. The first-order chi connectivity index (χ1) is 21.9. The van der Waals surface area contributed by atoms with Gasteiger partial charge in [-0.1, -0.05) is 160 Å². The molecule has 1 aromatic heterocycles. The minimum absolute atomic E-state index is 0.0157. The standard InChI is InChI=1S/C43H37NSi/c1-43(2,3)41-30-35(28-34-16-13-14-25-40(34)41)42-31-33(26-27-44-42)32-17-15-24-39(29-32)45(36-18-7-4-8-19-36,37-20-9-5-10-21-37)38-22-11-6-12-23-38/h4-31H,1-3H3. The molecule has 1 heterocycles. The van der Waals surface area contributed by atoms with E-state index in [4.69, 9.17) is 4.98 Å². The van der Waals surface area contributed by atoms with E-state index in [1.54, 1.807) is 0 Å². The molecular formula is C43H37NSi. The zero-order valence-electron chi connectivity index (χ0n) is 26.1. The van der Waals surface area contributed by atoms with Crippen molar-refractivity contribution in [3.63, 3.8) is 0 Å². The van der Waals surface area contributed by atoms with E-state index in [1.165, 1.54) is 48.2 Å². The minimum Gasteiger partial charge on any atom is -0.256 e. The number of hydrogen-bond donors (Lipinski definition) is 0. The Labute approximate surface area is 267 Å². The second kappa shape index (κ2) is 11.8. The van der Waals surface area contributed by atoms with E-state index in [1.807, 2.05) is 6.20 Å². The summed E-state index contributed by atoms with van der Waals surface area (Å²) in [7, 11) is -2.62. The Morgan fingerprint density at radius 3 is 1.58 bits per heavy atom. The van der Waals surface area contributed by atoms with Crippen molar-refractivity contribution < 1.29 is 0 Å². The summed E-state index contributed by atoms with van der Waals surface area (Å²) in [5.41, 5.74) is 5.87. The van der Waals surface area contributed by atoms with Crippen molar-refractivity contribution in [1.82, 2.24) is 4.98 Å². The van der Waals surface area contributed by atoms with E-state index in [2.05, 4.69) is 185 Å². The Kier molecular flexibility index (Phi) is 7.52. The molecule has 0 saturated carbocycles. The molecule has 0 aliphatic heterocycles. The molecule has 218 valence electrons. The Bertz CT molecular complexity index is 1980. The number of nitrogens with zero attached hydrogens (tertiary/aromatic N) is 1. The quantitative estimate of drug-likeness (QED) is 0.139. The smallest absolute Gasteiger partial charge is 0.179 e. The van der Waals surface area contributed by atoms with Gasteiger partial charge in [0.1, 0.15) is 0 Å². The summed E-state index contributed by atoms with van der Waals surface area (Å²) in [6.07, 6.45) is 1.96. The second-order valence-electron chi connectivity index (χ2n) is 12.9. The van der Waals surface area contributed by atoms with Crippen molar-refractivity contribution in [1.29, 1.82) is 0 Å². The molecule has 0 aliphatic carbocycles. The van der Waals surface area contributed by atoms with Crippen LogP contribution >= 0.6 is 0 Å². The number of aromatic nitrogens is 1. The molecule has 0 N–H and O–H groups in total. The van der Waals surface area contributed by atoms with Gasteiger partial charge in [-0.15, -0.1) is 0 Å². The molecule has 0 fully saturated rings. The van der Waals surface area contributed by atoms with Crippen LogP contribution in [0.4, 0.5) is 0 Å². The molecule has 0 bridgehead atoms. The van der Waals surface area contributed by atoms with Crippen molar-refractivity contribution in [3.05, 3.63) is 176 Å². The van der Waals surface area contributed by atoms with Crippen LogP contribution in [0.3, 0.4) is 0 Å². The van der Waals surface area contributed by atoms with Crippen LogP contribution in [0.2, 0.25) is 0 Å². The summed E-state index contributed by atoms with van der Waals surface area (Å²) in [4.78, 5) is 4.89. The van der Waals surface area contributed by atoms with E-state index >= 15 is 0 Å². The normalized spacial score (nSPS) is 11.9. The molecule has 45 heavy (non-hydrogen) atoms. The fourth-order valence-corrected chi connectivity index (χ4v) is 11.6. The molecule has 0 atom stereocenters. The molecule has 0 aliphatic rings. The first-order valence-corrected chi connectivity index (χ1v) is 17.7. The highest BCUT2D eigenvalue weighted by Crippen LogP contribution is 2.35. The van der Waals surface area contributed by atoms with Crippen LogP contribution < -0.4 is 20.7 Å². The van der Waals surface area contributed by atoms with Gasteiger partial charge in [0.05, 0.1) is 5.69 Å². The average molecular weight is 596 g/mol. The highest BCUT2D eigenvalue weighted by molar-refractivity contribution is 7.19. The summed E-state index contributed by atoms with van der Waals surface area (Å²) in [5.74, 6) is 0. The van der Waals surface area contributed by atoms with Crippen molar-refractivity contribution in [2.45, 2.75) is 26.2 Å². The van der Waals surface area contributed by atoms with Gasteiger partial charge in [-0.3, -0.25) is 4.98 Å². The fraction of sp³-hybridized carbons (Fsp3) is 0.0930. The first kappa shape index (κ1) is 28.7. The molecule has 2 heteroatoms. The van der Waals surface area contributed by atoms with E-state index in [0.717, 1.165) is 11.3 Å². The molecule has 0 amide bonds. The van der Waals surface area contributed by atoms with Crippen LogP contribution in [0.5, 0.6) is 0 Å². The predicted molar refractivity (Wildman–Crippen MR) is 195 cm³/mol. The molecule has 7 aromatic rings. The Hall–Kier alpha value is -5.05. The van der Waals surface area contributed by atoms with Gasteiger partial charge in [0.2, 0.25) is 0 Å². The number of hydrogen-bond acceptors (Lipinski definition) is 1. The number of rotatable bonds is 6. The number of fused-ring (bicyclic) bond motifs is 1. The highest BCUT2D eigenvalue weighted by Gasteiger charge is 2.41. The zero-order chi connectivity index (χ0) is 30.9. The van der Waals surface area contributed by atoms with E-state index < -0.39 is 8.07 Å². The molecule has 6 aromatic carbocycles. The lowest BCUT2D eigenvalue weighted by Crippen LogP contribution is -2.74. The van der Waals surface area contributed by atoms with Gasteiger partial charge in [-0.2, -0.15) is 0 Å². The van der Waals surface area contributed by atoms with Gasteiger partial charge < -0.3 is 0 Å². The lowest BCUT2D eigenvalue weighted by Gasteiger charge is -2.34. The van der Waals surface area contributed by atoms with E-state index in [-0.39, 0.29) is 5.41 Å². The van der Waals surface area contributed by atoms with Gasteiger partial charge >= 0.3 is 0 Å². The van der Waals surface area contributed by atoms with Crippen LogP contribution in [0.25, 0.3) is 33.2 Å². The Balaban J connectivity index is 1.41. The van der Waals surface area contributed by atoms with E-state index in [9.17, 15) is 0 Å². The zero-order valence-corrected chi connectivity index (χ0v) is 27.1. The molecule has 0 radical (unpaired) electrons. The maximum absolute atomic E-state index is 4.89. The molecular weight excluding hydrogens is 559 g/mol. The lowest BCUT2D eigenvalue weighted by atomic mass is 9.82. The van der Waals surface area contributed by atoms with Crippen LogP contribution in [-0.2, 0) is 5.41 Å². The van der Waals surface area contributed by atoms with Crippen molar-refractivity contribution in [2.75, 3.05) is 0 Å². The van der Waals surface area contributed by atoms with Crippen molar-refractivity contribution in [3.8, 4) is 22.4 Å². The van der Waals surface area contributed by atoms with Crippen LogP contribution in [0.1, 0.15) is 26.3 Å². The molecule has 0 spiro atoms. The Morgan fingerprint density at radius 2 is 0.978 bits per heavy atom. The second-order valence-corrected chi connectivity index (χ2v) is 16.7. The SMILES string of the molecule is CC(C)(C)c1cc(-c2cc(-c3cccc([Si](c4ccccc4)(c4ccccc4)c4ccccc4)c3)ccn2)cc2ccccc12. The van der Waals surface area contributed by atoms with E-state index in [0.29, 0.717) is 0 Å². The molecule has 7 rings (SSSR count). The monoisotopic (exact) mass is 595 g/mol. The third kappa shape index (κ3) is 5.32. The molecule has 0 saturated heterocycles. The third-order valence-electron chi connectivity index (χ3n) is 8.97. The molecule has 1 nitrogen and oxygen atoms in total. The van der Waals surface area contributed by atoms with Crippen LogP contribution in [0.15, 0.2) is 170 Å². The largest absolute Gasteiger partial charge is 0.256 e. The highest BCUT2D eigenvalue weighted by atomic mass is 28.3. The Morgan fingerprint density at radius 1 is 0.444 bits per heavy atom. The topological polar surface area (TPSA) is 12.9 Å². The molecule has 0 unspecified atom stereocenters. The van der Waals surface area contributed by atoms with Crippen LogP contribution in [-0.4, -0.2) is 13.1 Å². The number of pyridine rings is 1. The predicted octanol–water partition coefficient (Wildman–Crippen LogP) is 8.24. The van der Waals surface area contributed by atoms with Crippen molar-refractivity contribution in [2.24, 2.45) is 0 Å². The summed E-state index contributed by atoms with van der Waals surface area (Å²) >= 11 is 0.